The zero-order valence-electron chi connectivity index (χ0n) is 14.2. The molecule has 11 heteroatoms. The molecule has 0 atom stereocenters. The van der Waals surface area contributed by atoms with Gasteiger partial charge in [-0.05, 0) is 18.2 Å². The average Bonchev–Trinajstić information content (AvgIpc) is 3.16. The lowest BCUT2D eigenvalue weighted by Gasteiger charge is -2.08. The zero-order valence-corrected chi connectivity index (χ0v) is 15.0. The van der Waals surface area contributed by atoms with Crippen molar-refractivity contribution in [3.05, 3.63) is 65.5 Å². The van der Waals surface area contributed by atoms with Gasteiger partial charge in [-0.15, -0.1) is 11.8 Å². The van der Waals surface area contributed by atoms with E-state index in [1.165, 1.54) is 36.4 Å². The van der Waals surface area contributed by atoms with Gasteiger partial charge in [0.05, 0.1) is 11.3 Å². The summed E-state index contributed by atoms with van der Waals surface area (Å²) in [5, 5.41) is 3.24. The highest BCUT2D eigenvalue weighted by atomic mass is 32.2. The maximum absolute atomic E-state index is 12.7. The van der Waals surface area contributed by atoms with E-state index in [0.29, 0.717) is 0 Å². The van der Waals surface area contributed by atoms with Gasteiger partial charge in [0, 0.05) is 16.0 Å². The molecule has 3 aromatic rings. The zero-order chi connectivity index (χ0) is 21.2. The highest BCUT2D eigenvalue weighted by Gasteiger charge is 2.38. The molecule has 3 rings (SSSR count). The van der Waals surface area contributed by atoms with Gasteiger partial charge in [-0.1, -0.05) is 35.5 Å². The first-order valence-electron chi connectivity index (χ1n) is 7.88. The molecule has 29 heavy (non-hydrogen) atoms. The summed E-state index contributed by atoms with van der Waals surface area (Å²) in [5.41, 5.74) is -0.350. The van der Waals surface area contributed by atoms with Gasteiger partial charge < -0.3 is 4.52 Å². The second-order valence-corrected chi connectivity index (χ2v) is 6.78. The highest BCUT2D eigenvalue weighted by molar-refractivity contribution is 8.00. The van der Waals surface area contributed by atoms with Crippen molar-refractivity contribution in [3.8, 4) is 11.4 Å². The lowest BCUT2D eigenvalue weighted by Crippen LogP contribution is -2.05. The molecule has 0 aliphatic carbocycles. The third kappa shape index (κ3) is 5.17. The molecule has 0 spiro atoms. The second-order valence-electron chi connectivity index (χ2n) is 5.74. The van der Waals surface area contributed by atoms with Crippen molar-refractivity contribution in [2.75, 3.05) is 5.75 Å². The Morgan fingerprint density at radius 2 is 1.66 bits per heavy atom. The van der Waals surface area contributed by atoms with Crippen molar-refractivity contribution in [1.82, 2.24) is 10.1 Å². The van der Waals surface area contributed by atoms with Crippen molar-refractivity contribution < 1.29 is 35.7 Å². The molecular formula is C18H10F6N2O2S. The number of carbonyl (C=O) groups excluding carboxylic acids is 1. The summed E-state index contributed by atoms with van der Waals surface area (Å²) in [6, 6.07) is 10.1. The van der Waals surface area contributed by atoms with Crippen LogP contribution in [0.5, 0.6) is 0 Å². The lowest BCUT2D eigenvalue weighted by atomic mass is 10.1. The Kier molecular flexibility index (Phi) is 5.69. The number of ketones is 1. The van der Waals surface area contributed by atoms with Crippen LogP contribution >= 0.6 is 11.8 Å². The number of nitrogens with zero attached hydrogens (tertiary/aromatic N) is 2. The molecule has 152 valence electrons. The molecular weight excluding hydrogens is 422 g/mol. The quantitative estimate of drug-likeness (QED) is 0.292. The van der Waals surface area contributed by atoms with Gasteiger partial charge in [-0.25, -0.2) is 0 Å². The van der Waals surface area contributed by atoms with E-state index >= 15 is 0 Å². The van der Waals surface area contributed by atoms with E-state index in [9.17, 15) is 31.1 Å². The Balaban J connectivity index is 1.66. The van der Waals surface area contributed by atoms with E-state index in [0.717, 1.165) is 23.9 Å². The van der Waals surface area contributed by atoms with Gasteiger partial charge in [0.2, 0.25) is 5.82 Å². The molecule has 0 unspecified atom stereocenters. The van der Waals surface area contributed by atoms with Crippen LogP contribution in [0.25, 0.3) is 11.4 Å². The first-order valence-corrected chi connectivity index (χ1v) is 8.87. The normalized spacial score (nSPS) is 12.2. The third-order valence-electron chi connectivity index (χ3n) is 3.66. The van der Waals surface area contributed by atoms with E-state index in [1.54, 1.807) is 0 Å². The van der Waals surface area contributed by atoms with Crippen molar-refractivity contribution in [2.45, 2.75) is 17.2 Å². The molecule has 0 aliphatic heterocycles. The van der Waals surface area contributed by atoms with Crippen LogP contribution in [0, 0.1) is 0 Å². The number of alkyl halides is 6. The molecule has 0 saturated heterocycles. The lowest BCUT2D eigenvalue weighted by molar-refractivity contribution is -0.159. The maximum atomic E-state index is 12.7. The van der Waals surface area contributed by atoms with E-state index in [2.05, 4.69) is 14.7 Å². The standard InChI is InChI=1S/C18H10F6N2O2S/c19-17(20,21)12-2-1-3-13(8-12)29-9-14(27)10-4-6-11(7-5-10)15-25-16(28-26-15)18(22,23)24/h1-8H,9H2. The first-order chi connectivity index (χ1) is 13.5. The minimum Gasteiger partial charge on any atom is -0.329 e. The van der Waals surface area contributed by atoms with Gasteiger partial charge >= 0.3 is 18.2 Å². The van der Waals surface area contributed by atoms with Gasteiger partial charge in [0.25, 0.3) is 0 Å². The molecule has 0 radical (unpaired) electrons. The minimum atomic E-state index is -4.76. The summed E-state index contributed by atoms with van der Waals surface area (Å²) in [4.78, 5) is 15.8. The number of thioether (sulfide) groups is 1. The van der Waals surface area contributed by atoms with Gasteiger partial charge in [-0.2, -0.15) is 31.3 Å². The number of carbonyl (C=O) groups is 1. The largest absolute Gasteiger partial charge is 0.471 e. The number of halogens is 6. The Morgan fingerprint density at radius 3 is 2.24 bits per heavy atom. The van der Waals surface area contributed by atoms with Gasteiger partial charge in [0.1, 0.15) is 0 Å². The molecule has 1 heterocycles. The topological polar surface area (TPSA) is 56.0 Å². The fraction of sp³-hybridized carbons (Fsp3) is 0.167. The monoisotopic (exact) mass is 432 g/mol. The van der Waals surface area contributed by atoms with Gasteiger partial charge in [0.15, 0.2) is 5.78 Å². The average molecular weight is 432 g/mol. The minimum absolute atomic E-state index is 0.110. The number of hydrogen-bond donors (Lipinski definition) is 0. The van der Waals surface area contributed by atoms with Crippen molar-refractivity contribution in [1.29, 1.82) is 0 Å². The number of benzene rings is 2. The van der Waals surface area contributed by atoms with Crippen LogP contribution in [0.4, 0.5) is 26.3 Å². The number of rotatable bonds is 5. The van der Waals surface area contributed by atoms with E-state index in [-0.39, 0.29) is 33.4 Å². The smallest absolute Gasteiger partial charge is 0.329 e. The predicted octanol–water partition coefficient (Wildman–Crippen LogP) is 5.75. The molecule has 1 aromatic heterocycles. The molecule has 0 aliphatic rings. The fourth-order valence-corrected chi connectivity index (χ4v) is 3.11. The Labute approximate surface area is 163 Å². The van der Waals surface area contributed by atoms with Crippen LogP contribution in [0.1, 0.15) is 21.8 Å². The summed E-state index contributed by atoms with van der Waals surface area (Å²) in [7, 11) is 0. The summed E-state index contributed by atoms with van der Waals surface area (Å²) in [5.74, 6) is -2.23. The van der Waals surface area contributed by atoms with E-state index < -0.39 is 23.8 Å². The Morgan fingerprint density at radius 1 is 0.966 bits per heavy atom. The van der Waals surface area contributed by atoms with Crippen molar-refractivity contribution in [3.63, 3.8) is 0 Å². The van der Waals surface area contributed by atoms with Gasteiger partial charge in [-0.3, -0.25) is 4.79 Å². The molecule has 2 aromatic carbocycles. The molecule has 0 N–H and O–H groups in total. The van der Waals surface area contributed by atoms with Crippen LogP contribution in [0.15, 0.2) is 57.9 Å². The number of Topliss-reactive ketones (excluding diaryl/α,β-unsaturated/α-hetero) is 1. The predicted molar refractivity (Wildman–Crippen MR) is 91.2 cm³/mol. The number of hydrogen-bond acceptors (Lipinski definition) is 5. The fourth-order valence-electron chi connectivity index (χ4n) is 2.26. The summed E-state index contributed by atoms with van der Waals surface area (Å²) in [6.45, 7) is 0. The van der Waals surface area contributed by atoms with Crippen molar-refractivity contribution >= 4 is 17.5 Å². The number of aromatic nitrogens is 2. The summed E-state index contributed by atoms with van der Waals surface area (Å²) < 4.78 is 79.8. The van der Waals surface area contributed by atoms with Crippen molar-refractivity contribution in [2.24, 2.45) is 0 Å². The Bertz CT molecular complexity index is 1010. The van der Waals surface area contributed by atoms with Crippen LogP contribution < -0.4 is 0 Å². The third-order valence-corrected chi connectivity index (χ3v) is 4.66. The van der Waals surface area contributed by atoms with Crippen LogP contribution in [0.2, 0.25) is 0 Å². The maximum Gasteiger partial charge on any atom is 0.471 e. The molecule has 0 fully saturated rings. The SMILES string of the molecule is O=C(CSc1cccc(C(F)(F)F)c1)c1ccc(-c2noc(C(F)(F)F)n2)cc1. The summed E-state index contributed by atoms with van der Waals surface area (Å²) in [6.07, 6.45) is -9.24. The molecule has 0 saturated carbocycles. The second kappa shape index (κ2) is 7.90. The molecule has 4 nitrogen and oxygen atoms in total. The summed E-state index contributed by atoms with van der Waals surface area (Å²) >= 11 is 0.946. The van der Waals surface area contributed by atoms with Crippen LogP contribution in [-0.2, 0) is 12.4 Å². The van der Waals surface area contributed by atoms with E-state index in [4.69, 9.17) is 0 Å². The first kappa shape index (κ1) is 20.9. The van der Waals surface area contributed by atoms with Crippen LogP contribution in [0.3, 0.4) is 0 Å². The highest BCUT2D eigenvalue weighted by Crippen LogP contribution is 2.32. The molecule has 0 bridgehead atoms. The van der Waals surface area contributed by atoms with Crippen LogP contribution in [-0.4, -0.2) is 21.7 Å². The Hall–Kier alpha value is -2.82. The van der Waals surface area contributed by atoms with E-state index in [1.807, 2.05) is 0 Å². The molecule has 0 amide bonds.